The van der Waals surface area contributed by atoms with E-state index < -0.39 is 12.1 Å². The minimum atomic E-state index is -0.975. The Balaban J connectivity index is 1.35. The van der Waals surface area contributed by atoms with Crippen molar-refractivity contribution in [3.05, 3.63) is 85.6 Å². The molecule has 13 nitrogen and oxygen atoms in total. The van der Waals surface area contributed by atoms with E-state index in [1.807, 2.05) is 0 Å². The maximum atomic E-state index is 13.5. The fourth-order valence-corrected chi connectivity index (χ4v) is 5.59. The lowest BCUT2D eigenvalue weighted by molar-refractivity contribution is 0.198. The van der Waals surface area contributed by atoms with Crippen LogP contribution in [0.4, 0.5) is 4.79 Å². The highest BCUT2D eigenvalue weighted by molar-refractivity contribution is 6.32. The molecule has 220 valence electrons. The van der Waals surface area contributed by atoms with Crippen LogP contribution in [-0.2, 0) is 17.6 Å². The van der Waals surface area contributed by atoms with Crippen molar-refractivity contribution in [1.29, 1.82) is 0 Å². The summed E-state index contributed by atoms with van der Waals surface area (Å²) in [5, 5.41) is 8.76. The van der Waals surface area contributed by atoms with E-state index >= 15 is 0 Å². The number of fused-ring (bicyclic) bond motifs is 1. The molecule has 1 aliphatic rings. The Hall–Kier alpha value is -4.30. The average molecular weight is 643 g/mol. The Morgan fingerprint density at radius 3 is 2.77 bits per heavy atom. The van der Waals surface area contributed by atoms with Crippen molar-refractivity contribution in [3.63, 3.8) is 0 Å². The summed E-state index contributed by atoms with van der Waals surface area (Å²) in [4.78, 5) is 41.7. The van der Waals surface area contributed by atoms with Crippen LogP contribution in [-0.4, -0.2) is 59.3 Å². The van der Waals surface area contributed by atoms with E-state index in [-0.39, 0.29) is 21.7 Å². The van der Waals surface area contributed by atoms with Crippen molar-refractivity contribution >= 4 is 40.9 Å². The SMILES string of the molecule is COCCc1cc(-c2[nH]c([C@@H]3CCc4nc(-c5cc(Cl)ccc5-n5cc(Cl)nn5)cc(=O)n43)nc2Cl)cnc1OC(N)=O. The molecule has 0 unspecified atom stereocenters. The molecule has 16 heteroatoms. The maximum Gasteiger partial charge on any atom is 0.411 e. The summed E-state index contributed by atoms with van der Waals surface area (Å²) < 4.78 is 13.3. The number of hydrogen-bond donors (Lipinski definition) is 2. The van der Waals surface area contributed by atoms with Crippen LogP contribution in [0.1, 0.15) is 29.7 Å². The molecular formula is C27H22Cl3N9O4. The molecule has 0 spiro atoms. The molecule has 5 heterocycles. The number of aromatic nitrogens is 8. The van der Waals surface area contributed by atoms with Crippen LogP contribution in [0.2, 0.25) is 15.3 Å². The number of rotatable bonds is 8. The molecule has 0 fully saturated rings. The molecule has 4 aromatic heterocycles. The summed E-state index contributed by atoms with van der Waals surface area (Å²) >= 11 is 18.9. The number of methoxy groups -OCH3 is 1. The van der Waals surface area contributed by atoms with Crippen molar-refractivity contribution in [3.8, 4) is 34.1 Å². The highest BCUT2D eigenvalue weighted by atomic mass is 35.5. The summed E-state index contributed by atoms with van der Waals surface area (Å²) in [5.74, 6) is 1.16. The van der Waals surface area contributed by atoms with Gasteiger partial charge in [0.1, 0.15) is 11.6 Å². The highest BCUT2D eigenvalue weighted by Gasteiger charge is 2.30. The van der Waals surface area contributed by atoms with Gasteiger partial charge in [-0.05, 0) is 30.7 Å². The predicted octanol–water partition coefficient (Wildman–Crippen LogP) is 4.42. The number of aryl methyl sites for hydroxylation is 1. The molecule has 0 saturated carbocycles. The first-order valence-corrected chi connectivity index (χ1v) is 14.1. The molecule has 1 aliphatic heterocycles. The number of amides is 1. The number of nitrogens with two attached hydrogens (primary N) is 1. The summed E-state index contributed by atoms with van der Waals surface area (Å²) in [7, 11) is 1.56. The number of aromatic amines is 1. The zero-order chi connectivity index (χ0) is 30.2. The average Bonchev–Trinajstić information content (AvgIpc) is 3.70. The molecule has 5 aromatic rings. The lowest BCUT2D eigenvalue weighted by Gasteiger charge is -2.14. The zero-order valence-electron chi connectivity index (χ0n) is 22.4. The lowest BCUT2D eigenvalue weighted by atomic mass is 10.1. The Bertz CT molecular complexity index is 1920. The normalized spacial score (nSPS) is 14.2. The number of primary amides is 1. The van der Waals surface area contributed by atoms with Crippen LogP contribution in [0.25, 0.3) is 28.2 Å². The zero-order valence-corrected chi connectivity index (χ0v) is 24.7. The number of ether oxygens (including phenoxy) is 2. The largest absolute Gasteiger partial charge is 0.411 e. The monoisotopic (exact) mass is 641 g/mol. The molecule has 0 bridgehead atoms. The third kappa shape index (κ3) is 5.71. The number of pyridine rings is 1. The maximum absolute atomic E-state index is 13.5. The number of nitrogens with zero attached hydrogens (tertiary/aromatic N) is 7. The van der Waals surface area contributed by atoms with Crippen molar-refractivity contribution in [2.24, 2.45) is 5.73 Å². The van der Waals surface area contributed by atoms with E-state index in [1.54, 1.807) is 42.1 Å². The second-order valence-corrected chi connectivity index (χ2v) is 10.8. The van der Waals surface area contributed by atoms with Gasteiger partial charge in [-0.15, -0.1) is 5.10 Å². The Labute approximate surface area is 258 Å². The smallest absolute Gasteiger partial charge is 0.391 e. The lowest BCUT2D eigenvalue weighted by Crippen LogP contribution is -2.25. The van der Waals surface area contributed by atoms with Gasteiger partial charge < -0.3 is 20.2 Å². The van der Waals surface area contributed by atoms with E-state index in [2.05, 4.69) is 25.3 Å². The van der Waals surface area contributed by atoms with Crippen LogP contribution < -0.4 is 16.0 Å². The number of halogens is 3. The van der Waals surface area contributed by atoms with Gasteiger partial charge in [-0.25, -0.2) is 24.4 Å². The quantitative estimate of drug-likeness (QED) is 0.249. The third-order valence-corrected chi connectivity index (χ3v) is 7.59. The van der Waals surface area contributed by atoms with Crippen molar-refractivity contribution in [1.82, 2.24) is 39.5 Å². The van der Waals surface area contributed by atoms with E-state index in [0.29, 0.717) is 76.3 Å². The van der Waals surface area contributed by atoms with Gasteiger partial charge in [-0.1, -0.05) is 40.0 Å². The molecular weight excluding hydrogens is 621 g/mol. The summed E-state index contributed by atoms with van der Waals surface area (Å²) in [6.45, 7) is 0.363. The molecule has 0 saturated heterocycles. The first kappa shape index (κ1) is 28.8. The molecule has 1 aromatic carbocycles. The fraction of sp³-hybridized carbons (Fsp3) is 0.222. The van der Waals surface area contributed by atoms with Crippen molar-refractivity contribution in [2.45, 2.75) is 25.3 Å². The number of hydrogen-bond acceptors (Lipinski definition) is 9. The molecule has 3 N–H and O–H groups in total. The van der Waals surface area contributed by atoms with Crippen LogP contribution >= 0.6 is 34.8 Å². The predicted molar refractivity (Wildman–Crippen MR) is 158 cm³/mol. The molecule has 1 amide bonds. The number of imidazole rings is 1. The van der Waals surface area contributed by atoms with E-state index in [4.69, 9.17) is 55.0 Å². The standard InChI is InChI=1S/C27H22Cl3N9O4/c1-42-7-6-13-8-14(11-32-26(13)43-27(31)41)23-24(30)35-25(34-23)19-4-5-21-33-17(10-22(40)39(19)21)16-9-15(28)2-3-18(16)38-12-20(29)36-37-38/h2-3,8-12,19H,4-7H2,1H3,(H2,31,41)(H,34,35)/t19-/m0/s1. The third-order valence-electron chi connectivity index (χ3n) is 6.91. The van der Waals surface area contributed by atoms with Gasteiger partial charge in [0.2, 0.25) is 5.88 Å². The first-order valence-electron chi connectivity index (χ1n) is 12.9. The summed E-state index contributed by atoms with van der Waals surface area (Å²) in [6, 6.07) is 7.96. The van der Waals surface area contributed by atoms with E-state index in [1.165, 1.54) is 16.9 Å². The van der Waals surface area contributed by atoms with Gasteiger partial charge in [-0.2, -0.15) is 0 Å². The van der Waals surface area contributed by atoms with Gasteiger partial charge in [-0.3, -0.25) is 9.36 Å². The van der Waals surface area contributed by atoms with Crippen LogP contribution in [0.5, 0.6) is 5.88 Å². The van der Waals surface area contributed by atoms with Gasteiger partial charge in [0.25, 0.3) is 5.56 Å². The van der Waals surface area contributed by atoms with Crippen LogP contribution in [0, 0.1) is 0 Å². The summed E-state index contributed by atoms with van der Waals surface area (Å²) in [6.07, 6.45) is 3.57. The minimum Gasteiger partial charge on any atom is -0.391 e. The Morgan fingerprint density at radius 2 is 2.02 bits per heavy atom. The van der Waals surface area contributed by atoms with E-state index in [0.717, 1.165) is 0 Å². The molecule has 0 aliphatic carbocycles. The van der Waals surface area contributed by atoms with Gasteiger partial charge >= 0.3 is 6.09 Å². The fourth-order valence-electron chi connectivity index (χ4n) is 5.05. The topological polar surface area (TPSA) is 169 Å². The second kappa shape index (κ2) is 11.8. The van der Waals surface area contributed by atoms with Crippen LogP contribution in [0.15, 0.2) is 47.5 Å². The Kier molecular flexibility index (Phi) is 7.88. The van der Waals surface area contributed by atoms with Crippen LogP contribution in [0.3, 0.4) is 0 Å². The Morgan fingerprint density at radius 1 is 1.19 bits per heavy atom. The van der Waals surface area contributed by atoms with Gasteiger partial charge in [0.15, 0.2) is 10.3 Å². The molecule has 43 heavy (non-hydrogen) atoms. The number of benzene rings is 1. The van der Waals surface area contributed by atoms with Crippen molar-refractivity contribution in [2.75, 3.05) is 13.7 Å². The number of carbonyl (C=O) groups is 1. The summed E-state index contributed by atoms with van der Waals surface area (Å²) in [5.41, 5.74) is 8.26. The van der Waals surface area contributed by atoms with Gasteiger partial charge in [0, 0.05) is 53.9 Å². The van der Waals surface area contributed by atoms with Gasteiger partial charge in [0.05, 0.1) is 35.9 Å². The highest BCUT2D eigenvalue weighted by Crippen LogP contribution is 2.35. The number of H-pyrrole nitrogens is 1. The minimum absolute atomic E-state index is 0.0806. The number of carbonyl (C=O) groups excluding carboxylic acids is 1. The molecule has 6 rings (SSSR count). The number of nitrogens with one attached hydrogen (secondary N) is 1. The first-order chi connectivity index (χ1) is 20.7. The second-order valence-electron chi connectivity index (χ2n) is 9.61. The van der Waals surface area contributed by atoms with E-state index in [9.17, 15) is 9.59 Å². The molecule has 0 radical (unpaired) electrons. The van der Waals surface area contributed by atoms with Crippen molar-refractivity contribution < 1.29 is 14.3 Å². The molecule has 1 atom stereocenters.